The molecule has 1 aromatic rings. The average Bonchev–Trinajstić information content (AvgIpc) is 2.45. The third-order valence-corrected chi connectivity index (χ3v) is 4.20. The maximum Gasteiger partial charge on any atom is 0.313 e. The van der Waals surface area contributed by atoms with Gasteiger partial charge in [-0.2, -0.15) is 0 Å². The van der Waals surface area contributed by atoms with Crippen LogP contribution >= 0.6 is 0 Å². The predicted octanol–water partition coefficient (Wildman–Crippen LogP) is 2.94. The SMILES string of the molecule is Cc1ccc(C)c(NC(=O)C(=O)NC2CCC(C)CC2)c1. The van der Waals surface area contributed by atoms with Crippen molar-refractivity contribution in [1.82, 2.24) is 5.32 Å². The molecule has 0 spiro atoms. The highest BCUT2D eigenvalue weighted by atomic mass is 16.2. The Labute approximate surface area is 126 Å². The molecule has 114 valence electrons. The standard InChI is InChI=1S/C17H24N2O2/c1-11-5-8-14(9-6-11)18-16(20)17(21)19-15-10-12(2)4-7-13(15)3/h4,7,10-11,14H,5-6,8-9H2,1-3H3,(H,18,20)(H,19,21). The molecule has 0 saturated heterocycles. The van der Waals surface area contributed by atoms with Crippen molar-refractivity contribution in [2.45, 2.75) is 52.5 Å². The van der Waals surface area contributed by atoms with Gasteiger partial charge in [0, 0.05) is 11.7 Å². The molecular formula is C17H24N2O2. The van der Waals surface area contributed by atoms with Gasteiger partial charge >= 0.3 is 11.8 Å². The zero-order valence-corrected chi connectivity index (χ0v) is 13.0. The van der Waals surface area contributed by atoms with Crippen molar-refractivity contribution < 1.29 is 9.59 Å². The normalized spacial score (nSPS) is 21.7. The number of hydrogen-bond acceptors (Lipinski definition) is 2. The van der Waals surface area contributed by atoms with Gasteiger partial charge in [-0.1, -0.05) is 19.1 Å². The van der Waals surface area contributed by atoms with Crippen LogP contribution in [0.1, 0.15) is 43.7 Å². The molecule has 2 amide bonds. The Hall–Kier alpha value is -1.84. The molecule has 0 aliphatic heterocycles. The summed E-state index contributed by atoms with van der Waals surface area (Å²) in [5, 5.41) is 5.54. The van der Waals surface area contributed by atoms with E-state index >= 15 is 0 Å². The van der Waals surface area contributed by atoms with Crippen molar-refractivity contribution in [1.29, 1.82) is 0 Å². The van der Waals surface area contributed by atoms with Gasteiger partial charge in [-0.15, -0.1) is 0 Å². The summed E-state index contributed by atoms with van der Waals surface area (Å²) < 4.78 is 0. The minimum Gasteiger partial charge on any atom is -0.345 e. The van der Waals surface area contributed by atoms with Crippen LogP contribution in [0.2, 0.25) is 0 Å². The van der Waals surface area contributed by atoms with Crippen LogP contribution in [0.3, 0.4) is 0 Å². The maximum atomic E-state index is 12.0. The second-order valence-corrected chi connectivity index (χ2v) is 6.20. The molecule has 0 unspecified atom stereocenters. The molecule has 4 nitrogen and oxygen atoms in total. The first-order valence-electron chi connectivity index (χ1n) is 7.65. The summed E-state index contributed by atoms with van der Waals surface area (Å²) in [6.07, 6.45) is 4.15. The highest BCUT2D eigenvalue weighted by Gasteiger charge is 2.23. The fourth-order valence-electron chi connectivity index (χ4n) is 2.70. The summed E-state index contributed by atoms with van der Waals surface area (Å²) in [6.45, 7) is 6.10. The Morgan fingerprint density at radius 1 is 1.05 bits per heavy atom. The number of carbonyl (C=O) groups is 2. The number of amides is 2. The van der Waals surface area contributed by atoms with Gasteiger partial charge in [0.15, 0.2) is 0 Å². The van der Waals surface area contributed by atoms with Crippen LogP contribution in [0.5, 0.6) is 0 Å². The van der Waals surface area contributed by atoms with Gasteiger partial charge in [0.05, 0.1) is 0 Å². The van der Waals surface area contributed by atoms with Gasteiger partial charge in [-0.3, -0.25) is 9.59 Å². The van der Waals surface area contributed by atoms with Gasteiger partial charge in [-0.05, 0) is 62.6 Å². The molecule has 21 heavy (non-hydrogen) atoms. The topological polar surface area (TPSA) is 58.2 Å². The summed E-state index contributed by atoms with van der Waals surface area (Å²) in [7, 11) is 0. The molecule has 0 bridgehead atoms. The van der Waals surface area contributed by atoms with Crippen molar-refractivity contribution in [2.75, 3.05) is 5.32 Å². The lowest BCUT2D eigenvalue weighted by molar-refractivity contribution is -0.136. The number of rotatable bonds is 2. The fraction of sp³-hybridized carbons (Fsp3) is 0.529. The van der Waals surface area contributed by atoms with Gasteiger partial charge < -0.3 is 10.6 Å². The summed E-state index contributed by atoms with van der Waals surface area (Å²) in [5.41, 5.74) is 2.71. The highest BCUT2D eigenvalue weighted by Crippen LogP contribution is 2.23. The number of benzene rings is 1. The largest absolute Gasteiger partial charge is 0.345 e. The van der Waals surface area contributed by atoms with Crippen LogP contribution in [0.15, 0.2) is 18.2 Å². The Bertz CT molecular complexity index is 532. The van der Waals surface area contributed by atoms with E-state index in [1.54, 1.807) is 0 Å². The lowest BCUT2D eigenvalue weighted by Gasteiger charge is -2.26. The number of aryl methyl sites for hydroxylation is 2. The van der Waals surface area contributed by atoms with Gasteiger partial charge in [0.2, 0.25) is 0 Å². The summed E-state index contributed by atoms with van der Waals surface area (Å²) >= 11 is 0. The van der Waals surface area contributed by atoms with Gasteiger partial charge in [-0.25, -0.2) is 0 Å². The van der Waals surface area contributed by atoms with E-state index in [4.69, 9.17) is 0 Å². The van der Waals surface area contributed by atoms with E-state index in [0.717, 1.165) is 42.7 Å². The highest BCUT2D eigenvalue weighted by molar-refractivity contribution is 6.39. The van der Waals surface area contributed by atoms with E-state index < -0.39 is 11.8 Å². The number of hydrogen-bond donors (Lipinski definition) is 2. The molecule has 1 aromatic carbocycles. The molecule has 1 saturated carbocycles. The molecule has 1 fully saturated rings. The van der Waals surface area contributed by atoms with E-state index in [1.165, 1.54) is 0 Å². The quantitative estimate of drug-likeness (QED) is 0.822. The first kappa shape index (κ1) is 15.5. The van der Waals surface area contributed by atoms with E-state index in [2.05, 4.69) is 17.6 Å². The van der Waals surface area contributed by atoms with E-state index in [1.807, 2.05) is 32.0 Å². The van der Waals surface area contributed by atoms with Crippen molar-refractivity contribution >= 4 is 17.5 Å². The monoisotopic (exact) mass is 288 g/mol. The van der Waals surface area contributed by atoms with E-state index in [9.17, 15) is 9.59 Å². The summed E-state index contributed by atoms with van der Waals surface area (Å²) in [6, 6.07) is 5.93. The van der Waals surface area contributed by atoms with Crippen molar-refractivity contribution in [3.63, 3.8) is 0 Å². The van der Waals surface area contributed by atoms with Crippen LogP contribution in [0, 0.1) is 19.8 Å². The molecule has 0 aromatic heterocycles. The van der Waals surface area contributed by atoms with E-state index in [-0.39, 0.29) is 6.04 Å². The molecule has 0 atom stereocenters. The number of anilines is 1. The van der Waals surface area contributed by atoms with Crippen molar-refractivity contribution in [3.05, 3.63) is 29.3 Å². The smallest absolute Gasteiger partial charge is 0.313 e. The average molecular weight is 288 g/mol. The van der Waals surface area contributed by atoms with Crippen LogP contribution in [0.4, 0.5) is 5.69 Å². The van der Waals surface area contributed by atoms with Crippen LogP contribution in [-0.4, -0.2) is 17.9 Å². The molecule has 0 radical (unpaired) electrons. The Balaban J connectivity index is 1.90. The lowest BCUT2D eigenvalue weighted by Crippen LogP contribution is -2.43. The first-order valence-corrected chi connectivity index (χ1v) is 7.65. The molecule has 1 aliphatic carbocycles. The Morgan fingerprint density at radius 2 is 1.71 bits per heavy atom. The third-order valence-electron chi connectivity index (χ3n) is 4.20. The molecule has 0 heterocycles. The first-order chi connectivity index (χ1) is 9.95. The number of nitrogens with one attached hydrogen (secondary N) is 2. The van der Waals surface area contributed by atoms with E-state index in [0.29, 0.717) is 5.69 Å². The fourth-order valence-corrected chi connectivity index (χ4v) is 2.70. The minimum absolute atomic E-state index is 0.137. The van der Waals surface area contributed by atoms with Crippen LogP contribution in [-0.2, 0) is 9.59 Å². The van der Waals surface area contributed by atoms with Gasteiger partial charge in [0.25, 0.3) is 0 Å². The predicted molar refractivity (Wildman–Crippen MR) is 84.1 cm³/mol. The lowest BCUT2D eigenvalue weighted by atomic mass is 9.87. The maximum absolute atomic E-state index is 12.0. The summed E-state index contributed by atoms with van der Waals surface area (Å²) in [5.74, 6) is -0.389. The Kier molecular flexibility index (Phi) is 4.99. The van der Waals surface area contributed by atoms with Gasteiger partial charge in [0.1, 0.15) is 0 Å². The summed E-state index contributed by atoms with van der Waals surface area (Å²) in [4.78, 5) is 24.0. The molecule has 1 aliphatic rings. The Morgan fingerprint density at radius 3 is 2.38 bits per heavy atom. The van der Waals surface area contributed by atoms with Crippen LogP contribution in [0.25, 0.3) is 0 Å². The minimum atomic E-state index is -0.581. The second-order valence-electron chi connectivity index (χ2n) is 6.20. The zero-order chi connectivity index (χ0) is 15.4. The van der Waals surface area contributed by atoms with Crippen LogP contribution < -0.4 is 10.6 Å². The molecule has 2 rings (SSSR count). The molecule has 2 N–H and O–H groups in total. The molecular weight excluding hydrogens is 264 g/mol. The number of carbonyl (C=O) groups excluding carboxylic acids is 2. The second kappa shape index (κ2) is 6.74. The van der Waals surface area contributed by atoms with Crippen molar-refractivity contribution in [2.24, 2.45) is 5.92 Å². The van der Waals surface area contributed by atoms with Crippen molar-refractivity contribution in [3.8, 4) is 0 Å². The zero-order valence-electron chi connectivity index (χ0n) is 13.0. The molecule has 4 heteroatoms. The third kappa shape index (κ3) is 4.31.